The predicted octanol–water partition coefficient (Wildman–Crippen LogP) is 4.26. The van der Waals surface area contributed by atoms with E-state index in [1.165, 1.54) is 16.7 Å². The summed E-state index contributed by atoms with van der Waals surface area (Å²) in [4.78, 5) is 2.27. The molecule has 102 valence electrons. The van der Waals surface area contributed by atoms with E-state index in [0.717, 1.165) is 23.1 Å². The molecule has 0 aliphatic rings. The second-order valence-electron chi connectivity index (χ2n) is 5.06. The van der Waals surface area contributed by atoms with Crippen LogP contribution < -0.4 is 0 Å². The lowest BCUT2D eigenvalue weighted by atomic mass is 10.1. The molecule has 20 heavy (non-hydrogen) atoms. The minimum absolute atomic E-state index is 0.723. The van der Waals surface area contributed by atoms with Gasteiger partial charge >= 0.3 is 0 Å². The Morgan fingerprint density at radius 1 is 1.15 bits per heavy atom. The van der Waals surface area contributed by atoms with Crippen molar-refractivity contribution in [3.05, 3.63) is 69.2 Å². The van der Waals surface area contributed by atoms with E-state index in [1.54, 1.807) is 0 Å². The summed E-state index contributed by atoms with van der Waals surface area (Å²) in [6.45, 7) is 3.84. The molecule has 0 atom stereocenters. The van der Waals surface area contributed by atoms with Gasteiger partial charge in [0.15, 0.2) is 0 Å². The number of halogens is 1. The van der Waals surface area contributed by atoms with Crippen molar-refractivity contribution >= 4 is 15.9 Å². The highest BCUT2D eigenvalue weighted by Crippen LogP contribution is 2.16. The zero-order valence-electron chi connectivity index (χ0n) is 11.7. The first-order valence-electron chi connectivity index (χ1n) is 6.51. The van der Waals surface area contributed by atoms with Crippen LogP contribution in [0.15, 0.2) is 46.9 Å². The van der Waals surface area contributed by atoms with Gasteiger partial charge in [0, 0.05) is 17.6 Å². The molecule has 0 heterocycles. The number of hydrogen-bond acceptors (Lipinski definition) is 2. The van der Waals surface area contributed by atoms with Crippen LogP contribution >= 0.6 is 15.9 Å². The van der Waals surface area contributed by atoms with E-state index in [-0.39, 0.29) is 0 Å². The summed E-state index contributed by atoms with van der Waals surface area (Å²) in [6.07, 6.45) is 0. The van der Waals surface area contributed by atoms with E-state index in [4.69, 9.17) is 5.26 Å². The van der Waals surface area contributed by atoms with Gasteiger partial charge in [-0.3, -0.25) is 4.90 Å². The molecular formula is C17H17BrN2. The van der Waals surface area contributed by atoms with Gasteiger partial charge in [0.1, 0.15) is 0 Å². The van der Waals surface area contributed by atoms with E-state index in [0.29, 0.717) is 0 Å². The van der Waals surface area contributed by atoms with Gasteiger partial charge in [-0.05, 0) is 54.9 Å². The van der Waals surface area contributed by atoms with Gasteiger partial charge < -0.3 is 0 Å². The molecule has 0 fully saturated rings. The van der Waals surface area contributed by atoms with Crippen LogP contribution in [-0.2, 0) is 13.1 Å². The Labute approximate surface area is 128 Å². The van der Waals surface area contributed by atoms with Crippen molar-refractivity contribution in [3.63, 3.8) is 0 Å². The first kappa shape index (κ1) is 14.8. The molecule has 0 aliphatic carbocycles. The van der Waals surface area contributed by atoms with Crippen molar-refractivity contribution in [2.45, 2.75) is 20.0 Å². The highest BCUT2D eigenvalue weighted by atomic mass is 79.9. The summed E-state index contributed by atoms with van der Waals surface area (Å²) in [5.74, 6) is 0. The minimum Gasteiger partial charge on any atom is -0.298 e. The second kappa shape index (κ2) is 6.69. The van der Waals surface area contributed by atoms with Crippen molar-refractivity contribution in [2.24, 2.45) is 0 Å². The lowest BCUT2D eigenvalue weighted by Crippen LogP contribution is -2.17. The Bertz CT molecular complexity index is 644. The molecule has 0 bridgehead atoms. The lowest BCUT2D eigenvalue weighted by Gasteiger charge is -2.18. The van der Waals surface area contributed by atoms with Crippen LogP contribution in [0.1, 0.15) is 22.3 Å². The first-order valence-corrected chi connectivity index (χ1v) is 7.30. The summed E-state index contributed by atoms with van der Waals surface area (Å²) in [5, 5.41) is 8.89. The Balaban J connectivity index is 2.05. The van der Waals surface area contributed by atoms with Crippen LogP contribution in [-0.4, -0.2) is 11.9 Å². The molecule has 2 aromatic rings. The molecule has 0 aromatic heterocycles. The lowest BCUT2D eigenvalue weighted by molar-refractivity contribution is 0.318. The summed E-state index contributed by atoms with van der Waals surface area (Å²) in [7, 11) is 2.11. The quantitative estimate of drug-likeness (QED) is 0.838. The third-order valence-electron chi connectivity index (χ3n) is 3.25. The summed E-state index contributed by atoms with van der Waals surface area (Å²) >= 11 is 3.50. The molecule has 0 spiro atoms. The summed E-state index contributed by atoms with van der Waals surface area (Å²) < 4.78 is 1.11. The molecule has 3 heteroatoms. The van der Waals surface area contributed by atoms with Crippen LogP contribution in [0, 0.1) is 18.3 Å². The monoisotopic (exact) mass is 328 g/mol. The topological polar surface area (TPSA) is 27.0 Å². The number of rotatable bonds is 4. The zero-order valence-corrected chi connectivity index (χ0v) is 13.3. The Hall–Kier alpha value is -1.63. The number of aryl methyl sites for hydroxylation is 1. The second-order valence-corrected chi connectivity index (χ2v) is 5.97. The number of nitrogens with zero attached hydrogens (tertiary/aromatic N) is 2. The molecule has 2 nitrogen and oxygen atoms in total. The average Bonchev–Trinajstić information content (AvgIpc) is 2.41. The van der Waals surface area contributed by atoms with Crippen molar-refractivity contribution in [1.82, 2.24) is 4.90 Å². The maximum Gasteiger partial charge on any atom is 0.0991 e. The fourth-order valence-electron chi connectivity index (χ4n) is 2.24. The predicted molar refractivity (Wildman–Crippen MR) is 85.2 cm³/mol. The number of hydrogen-bond donors (Lipinski definition) is 0. The van der Waals surface area contributed by atoms with Gasteiger partial charge in [-0.15, -0.1) is 0 Å². The van der Waals surface area contributed by atoms with Gasteiger partial charge in [-0.25, -0.2) is 0 Å². The fourth-order valence-corrected chi connectivity index (χ4v) is 2.68. The smallest absolute Gasteiger partial charge is 0.0991 e. The molecule has 0 amide bonds. The van der Waals surface area contributed by atoms with Gasteiger partial charge in [0.05, 0.1) is 11.6 Å². The van der Waals surface area contributed by atoms with E-state index in [9.17, 15) is 0 Å². The van der Waals surface area contributed by atoms with Gasteiger partial charge in [0.25, 0.3) is 0 Å². The molecule has 0 N–H and O–H groups in total. The molecule has 2 aromatic carbocycles. The third-order valence-corrected chi connectivity index (χ3v) is 3.75. The first-order chi connectivity index (χ1) is 9.58. The van der Waals surface area contributed by atoms with Crippen molar-refractivity contribution in [2.75, 3.05) is 7.05 Å². The Morgan fingerprint density at radius 2 is 1.95 bits per heavy atom. The molecule has 0 radical (unpaired) electrons. The number of benzene rings is 2. The molecular weight excluding hydrogens is 312 g/mol. The minimum atomic E-state index is 0.723. The normalized spacial score (nSPS) is 10.6. The third kappa shape index (κ3) is 3.93. The van der Waals surface area contributed by atoms with Gasteiger partial charge in [-0.1, -0.05) is 34.1 Å². The Kier molecular flexibility index (Phi) is 4.94. The van der Waals surface area contributed by atoms with Crippen molar-refractivity contribution in [3.8, 4) is 6.07 Å². The van der Waals surface area contributed by atoms with Crippen LogP contribution in [0.25, 0.3) is 0 Å². The van der Waals surface area contributed by atoms with Crippen LogP contribution in [0.2, 0.25) is 0 Å². The van der Waals surface area contributed by atoms with Crippen molar-refractivity contribution in [1.29, 1.82) is 5.26 Å². The highest BCUT2D eigenvalue weighted by molar-refractivity contribution is 9.10. The van der Waals surface area contributed by atoms with E-state index >= 15 is 0 Å². The zero-order chi connectivity index (χ0) is 14.5. The molecule has 0 unspecified atom stereocenters. The van der Waals surface area contributed by atoms with Gasteiger partial charge in [-0.2, -0.15) is 5.26 Å². The van der Waals surface area contributed by atoms with E-state index < -0.39 is 0 Å². The van der Waals surface area contributed by atoms with Crippen LogP contribution in [0.4, 0.5) is 0 Å². The largest absolute Gasteiger partial charge is 0.298 e. The van der Waals surface area contributed by atoms with E-state index in [2.05, 4.69) is 59.1 Å². The molecule has 0 saturated carbocycles. The molecule has 0 aliphatic heterocycles. The van der Waals surface area contributed by atoms with E-state index in [1.807, 2.05) is 24.3 Å². The summed E-state index contributed by atoms with van der Waals surface area (Å²) in [5.41, 5.74) is 4.45. The fraction of sp³-hybridized carbons (Fsp3) is 0.235. The maximum atomic E-state index is 8.89. The van der Waals surface area contributed by atoms with Crippen molar-refractivity contribution < 1.29 is 0 Å². The molecule has 0 saturated heterocycles. The Morgan fingerprint density at radius 3 is 2.60 bits per heavy atom. The average molecular weight is 329 g/mol. The SMILES string of the molecule is Cc1cc(C#N)ccc1CN(C)Cc1cccc(Br)c1. The standard InChI is InChI=1S/C17H17BrN2/c1-13-8-14(10-19)6-7-16(13)12-20(2)11-15-4-3-5-17(18)9-15/h3-9H,11-12H2,1-2H3. The van der Waals surface area contributed by atoms with Crippen LogP contribution in [0.5, 0.6) is 0 Å². The highest BCUT2D eigenvalue weighted by Gasteiger charge is 2.05. The van der Waals surface area contributed by atoms with Crippen LogP contribution in [0.3, 0.4) is 0 Å². The maximum absolute atomic E-state index is 8.89. The molecule has 2 rings (SSSR count). The number of nitriles is 1. The summed E-state index contributed by atoms with van der Waals surface area (Å²) in [6, 6.07) is 16.4. The van der Waals surface area contributed by atoms with Gasteiger partial charge in [0.2, 0.25) is 0 Å².